The molecule has 0 aliphatic heterocycles. The van der Waals surface area contributed by atoms with Crippen LogP contribution < -0.4 is 0 Å². The summed E-state index contributed by atoms with van der Waals surface area (Å²) in [5.41, 5.74) is 1.95. The van der Waals surface area contributed by atoms with Crippen molar-refractivity contribution < 1.29 is 5.11 Å². The molecular formula is C12H12ClNOS. The predicted octanol–water partition coefficient (Wildman–Crippen LogP) is 3.39. The fourth-order valence-corrected chi connectivity index (χ4v) is 2.48. The Morgan fingerprint density at radius 3 is 3.00 bits per heavy atom. The van der Waals surface area contributed by atoms with Crippen LogP contribution in [0.25, 0.3) is 10.6 Å². The quantitative estimate of drug-likeness (QED) is 0.910. The Morgan fingerprint density at radius 2 is 2.31 bits per heavy atom. The molecule has 2 rings (SSSR count). The topological polar surface area (TPSA) is 33.1 Å². The fraction of sp³-hybridized carbons (Fsp3) is 0.250. The molecule has 2 nitrogen and oxygen atoms in total. The van der Waals surface area contributed by atoms with E-state index in [1.807, 2.05) is 29.6 Å². The average Bonchev–Trinajstić information content (AvgIpc) is 2.65. The minimum absolute atomic E-state index is 0.352. The van der Waals surface area contributed by atoms with Crippen molar-refractivity contribution in [1.29, 1.82) is 0 Å². The highest BCUT2D eigenvalue weighted by molar-refractivity contribution is 7.13. The molecule has 1 aromatic carbocycles. The van der Waals surface area contributed by atoms with Gasteiger partial charge in [-0.05, 0) is 19.1 Å². The fourth-order valence-electron chi connectivity index (χ4n) is 1.46. The van der Waals surface area contributed by atoms with Crippen LogP contribution in [0.1, 0.15) is 12.6 Å². The van der Waals surface area contributed by atoms with Crippen molar-refractivity contribution in [3.05, 3.63) is 40.4 Å². The van der Waals surface area contributed by atoms with E-state index in [4.69, 9.17) is 11.6 Å². The third-order valence-electron chi connectivity index (χ3n) is 2.13. The maximum absolute atomic E-state index is 9.27. The van der Waals surface area contributed by atoms with E-state index < -0.39 is 0 Å². The van der Waals surface area contributed by atoms with Crippen LogP contribution in [-0.4, -0.2) is 16.2 Å². The Hall–Kier alpha value is -0.900. The summed E-state index contributed by atoms with van der Waals surface area (Å²) in [6, 6.07) is 7.63. The molecule has 1 atom stereocenters. The number of benzene rings is 1. The summed E-state index contributed by atoms with van der Waals surface area (Å²) in [4.78, 5) is 4.46. The van der Waals surface area contributed by atoms with Crippen LogP contribution in [0, 0.1) is 0 Å². The number of hydrogen-bond donors (Lipinski definition) is 1. The van der Waals surface area contributed by atoms with Gasteiger partial charge in [-0.15, -0.1) is 11.3 Å². The Balaban J connectivity index is 2.24. The molecule has 84 valence electrons. The molecule has 4 heteroatoms. The summed E-state index contributed by atoms with van der Waals surface area (Å²) in [7, 11) is 0. The number of rotatable bonds is 3. The van der Waals surface area contributed by atoms with Crippen LogP contribution in [0.3, 0.4) is 0 Å². The molecule has 0 fully saturated rings. The van der Waals surface area contributed by atoms with Crippen LogP contribution in [0.4, 0.5) is 0 Å². The molecule has 1 N–H and O–H groups in total. The molecule has 0 aliphatic carbocycles. The van der Waals surface area contributed by atoms with Gasteiger partial charge in [-0.25, -0.2) is 4.98 Å². The van der Waals surface area contributed by atoms with Crippen LogP contribution in [0.5, 0.6) is 0 Å². The van der Waals surface area contributed by atoms with Crippen LogP contribution in [0.2, 0.25) is 5.02 Å². The lowest BCUT2D eigenvalue weighted by Gasteiger charge is -1.99. The first kappa shape index (κ1) is 11.6. The number of aliphatic hydroxyl groups excluding tert-OH is 1. The average molecular weight is 254 g/mol. The molecule has 0 saturated carbocycles. The number of halogens is 1. The molecule has 2 aromatic rings. The van der Waals surface area contributed by atoms with Gasteiger partial charge in [0.1, 0.15) is 5.01 Å². The minimum atomic E-state index is -0.352. The molecule has 0 amide bonds. The number of aromatic nitrogens is 1. The first-order valence-corrected chi connectivity index (χ1v) is 6.29. The highest BCUT2D eigenvalue weighted by Gasteiger charge is 2.07. The summed E-state index contributed by atoms with van der Waals surface area (Å²) in [6.45, 7) is 1.76. The molecule has 0 radical (unpaired) electrons. The number of thiazole rings is 1. The zero-order valence-electron chi connectivity index (χ0n) is 8.85. The first-order chi connectivity index (χ1) is 7.65. The maximum Gasteiger partial charge on any atom is 0.123 e. The monoisotopic (exact) mass is 253 g/mol. The van der Waals surface area contributed by atoms with Crippen molar-refractivity contribution in [3.8, 4) is 10.6 Å². The molecule has 16 heavy (non-hydrogen) atoms. The second-order valence-corrected chi connectivity index (χ2v) is 5.00. The van der Waals surface area contributed by atoms with Gasteiger partial charge in [0, 0.05) is 22.4 Å². The van der Waals surface area contributed by atoms with Crippen molar-refractivity contribution in [2.45, 2.75) is 19.4 Å². The lowest BCUT2D eigenvalue weighted by Crippen LogP contribution is -2.04. The maximum atomic E-state index is 9.27. The van der Waals surface area contributed by atoms with Crippen molar-refractivity contribution in [1.82, 2.24) is 4.98 Å². The van der Waals surface area contributed by atoms with E-state index in [9.17, 15) is 5.11 Å². The molecule has 1 aromatic heterocycles. The highest BCUT2D eigenvalue weighted by Crippen LogP contribution is 2.26. The highest BCUT2D eigenvalue weighted by atomic mass is 35.5. The van der Waals surface area contributed by atoms with E-state index in [0.29, 0.717) is 11.4 Å². The zero-order valence-corrected chi connectivity index (χ0v) is 10.4. The van der Waals surface area contributed by atoms with Gasteiger partial charge in [-0.3, -0.25) is 0 Å². The lowest BCUT2D eigenvalue weighted by atomic mass is 10.2. The van der Waals surface area contributed by atoms with Crippen LogP contribution in [0.15, 0.2) is 29.6 Å². The Labute approximate surface area is 104 Å². The molecule has 1 heterocycles. The largest absolute Gasteiger partial charge is 0.393 e. The summed E-state index contributed by atoms with van der Waals surface area (Å²) < 4.78 is 0. The van der Waals surface area contributed by atoms with E-state index in [1.165, 1.54) is 0 Å². The zero-order chi connectivity index (χ0) is 11.5. The van der Waals surface area contributed by atoms with E-state index in [-0.39, 0.29) is 6.10 Å². The minimum Gasteiger partial charge on any atom is -0.393 e. The Morgan fingerprint density at radius 1 is 1.50 bits per heavy atom. The van der Waals surface area contributed by atoms with Gasteiger partial charge in [0.15, 0.2) is 0 Å². The van der Waals surface area contributed by atoms with E-state index >= 15 is 0 Å². The normalized spacial score (nSPS) is 12.7. The van der Waals surface area contributed by atoms with E-state index in [1.54, 1.807) is 18.3 Å². The molecule has 0 aliphatic rings. The third-order valence-corrected chi connectivity index (χ3v) is 3.30. The number of hydrogen-bond acceptors (Lipinski definition) is 3. The molecule has 0 saturated heterocycles. The molecular weight excluding hydrogens is 242 g/mol. The smallest absolute Gasteiger partial charge is 0.123 e. The van der Waals surface area contributed by atoms with Crippen LogP contribution >= 0.6 is 22.9 Å². The van der Waals surface area contributed by atoms with Crippen molar-refractivity contribution in [2.24, 2.45) is 0 Å². The number of aliphatic hydroxyl groups is 1. The lowest BCUT2D eigenvalue weighted by molar-refractivity contribution is 0.194. The first-order valence-electron chi connectivity index (χ1n) is 5.03. The Kier molecular flexibility index (Phi) is 3.59. The van der Waals surface area contributed by atoms with Crippen molar-refractivity contribution in [2.75, 3.05) is 0 Å². The predicted molar refractivity (Wildman–Crippen MR) is 67.9 cm³/mol. The Bertz CT molecular complexity index is 481. The van der Waals surface area contributed by atoms with E-state index in [0.717, 1.165) is 16.3 Å². The summed E-state index contributed by atoms with van der Waals surface area (Å²) >= 11 is 7.50. The second kappa shape index (κ2) is 4.95. The van der Waals surface area contributed by atoms with Gasteiger partial charge < -0.3 is 5.11 Å². The molecule has 0 spiro atoms. The summed E-state index contributed by atoms with van der Waals surface area (Å²) in [5, 5.41) is 12.9. The molecule has 1 unspecified atom stereocenters. The van der Waals surface area contributed by atoms with Gasteiger partial charge in [0.05, 0.1) is 11.8 Å². The van der Waals surface area contributed by atoms with Gasteiger partial charge in [-0.1, -0.05) is 23.7 Å². The molecule has 0 bridgehead atoms. The van der Waals surface area contributed by atoms with Gasteiger partial charge in [0.2, 0.25) is 0 Å². The van der Waals surface area contributed by atoms with E-state index in [2.05, 4.69) is 4.98 Å². The standard InChI is InChI=1S/C12H12ClNOS/c1-8(15)5-11-7-16-12(14-11)9-3-2-4-10(13)6-9/h2-4,6-8,15H,5H2,1H3. The van der Waals surface area contributed by atoms with Gasteiger partial charge in [-0.2, -0.15) is 0 Å². The van der Waals surface area contributed by atoms with Crippen molar-refractivity contribution >= 4 is 22.9 Å². The summed E-state index contributed by atoms with van der Waals surface area (Å²) in [6.07, 6.45) is 0.242. The van der Waals surface area contributed by atoms with Gasteiger partial charge >= 0.3 is 0 Å². The summed E-state index contributed by atoms with van der Waals surface area (Å²) in [5.74, 6) is 0. The third kappa shape index (κ3) is 2.82. The van der Waals surface area contributed by atoms with Crippen LogP contribution in [-0.2, 0) is 6.42 Å². The number of nitrogens with zero attached hydrogens (tertiary/aromatic N) is 1. The van der Waals surface area contributed by atoms with Gasteiger partial charge in [0.25, 0.3) is 0 Å². The van der Waals surface area contributed by atoms with Crippen molar-refractivity contribution in [3.63, 3.8) is 0 Å². The second-order valence-electron chi connectivity index (χ2n) is 3.71. The SMILES string of the molecule is CC(O)Cc1csc(-c2cccc(Cl)c2)n1.